The molecule has 1 N–H and O–H groups in total. The van der Waals surface area contributed by atoms with Crippen molar-refractivity contribution in [2.75, 3.05) is 5.32 Å². The number of fused-ring (bicyclic) bond motifs is 1. The van der Waals surface area contributed by atoms with Gasteiger partial charge >= 0.3 is 0 Å². The van der Waals surface area contributed by atoms with E-state index in [0.717, 1.165) is 15.6 Å². The number of aryl methyl sites for hydroxylation is 1. The number of amides is 1. The molecule has 0 bridgehead atoms. The number of nitrogens with one attached hydrogen (secondary N) is 1. The van der Waals surface area contributed by atoms with Crippen molar-refractivity contribution in [3.8, 4) is 0 Å². The van der Waals surface area contributed by atoms with Crippen LogP contribution < -0.4 is 5.32 Å². The fourth-order valence-electron chi connectivity index (χ4n) is 3.08. The first kappa shape index (κ1) is 19.9. The second kappa shape index (κ2) is 8.51. The highest BCUT2D eigenvalue weighted by Crippen LogP contribution is 2.32. The highest BCUT2D eigenvalue weighted by molar-refractivity contribution is 9.10. The predicted octanol–water partition coefficient (Wildman–Crippen LogP) is 6.39. The molecule has 148 valence electrons. The van der Waals surface area contributed by atoms with E-state index < -0.39 is 0 Å². The molecule has 0 saturated heterocycles. The number of para-hydroxylation sites is 1. The van der Waals surface area contributed by atoms with Crippen LogP contribution in [0.3, 0.4) is 0 Å². The van der Waals surface area contributed by atoms with Crippen LogP contribution in [0.4, 0.5) is 5.69 Å². The number of hydrogen-bond acceptors (Lipinski definition) is 3. The van der Waals surface area contributed by atoms with E-state index in [4.69, 9.17) is 4.42 Å². The fraction of sp³-hybridized carbons (Fsp3) is 0.0400. The lowest BCUT2D eigenvalue weighted by molar-refractivity contribution is -0.111. The molecule has 0 unspecified atom stereocenters. The smallest absolute Gasteiger partial charge is 0.248 e. The first-order chi connectivity index (χ1) is 14.5. The standard InChI is InChI=1S/C25H18BrNO3/c1-16-6-8-17(9-7-16)10-15-22(28)27-23-20-4-2-3-5-21(20)30-25(23)24(29)18-11-13-19(26)14-12-18/h2-15H,1H3,(H,27,28)/b15-10+. The maximum atomic E-state index is 13.1. The van der Waals surface area contributed by atoms with Crippen molar-refractivity contribution in [1.29, 1.82) is 0 Å². The molecule has 4 nitrogen and oxygen atoms in total. The summed E-state index contributed by atoms with van der Waals surface area (Å²) in [7, 11) is 0. The Morgan fingerprint density at radius 1 is 0.933 bits per heavy atom. The van der Waals surface area contributed by atoms with E-state index in [2.05, 4.69) is 21.2 Å². The number of benzene rings is 3. The van der Waals surface area contributed by atoms with Crippen LogP contribution >= 0.6 is 15.9 Å². The van der Waals surface area contributed by atoms with Crippen LogP contribution in [0.15, 0.2) is 87.8 Å². The van der Waals surface area contributed by atoms with Gasteiger partial charge in [-0.15, -0.1) is 0 Å². The summed E-state index contributed by atoms with van der Waals surface area (Å²) in [5.74, 6) is -0.529. The highest BCUT2D eigenvalue weighted by atomic mass is 79.9. The zero-order valence-electron chi connectivity index (χ0n) is 16.2. The van der Waals surface area contributed by atoms with Crippen molar-refractivity contribution in [3.05, 3.63) is 106 Å². The van der Waals surface area contributed by atoms with Crippen LogP contribution in [-0.2, 0) is 4.79 Å². The van der Waals surface area contributed by atoms with E-state index in [1.165, 1.54) is 6.08 Å². The minimum atomic E-state index is -0.341. The van der Waals surface area contributed by atoms with Gasteiger partial charge in [0.25, 0.3) is 0 Å². The summed E-state index contributed by atoms with van der Waals surface area (Å²) < 4.78 is 6.70. The van der Waals surface area contributed by atoms with Gasteiger partial charge in [0.15, 0.2) is 5.76 Å². The molecule has 4 aromatic rings. The summed E-state index contributed by atoms with van der Waals surface area (Å²) in [5, 5.41) is 3.50. The number of furan rings is 1. The highest BCUT2D eigenvalue weighted by Gasteiger charge is 2.22. The van der Waals surface area contributed by atoms with Gasteiger partial charge in [0.05, 0.1) is 5.69 Å². The molecule has 4 rings (SSSR count). The first-order valence-corrected chi connectivity index (χ1v) is 10.2. The fourth-order valence-corrected chi connectivity index (χ4v) is 3.34. The van der Waals surface area contributed by atoms with Crippen LogP contribution in [0.2, 0.25) is 0 Å². The zero-order chi connectivity index (χ0) is 21.1. The molecular formula is C25H18BrNO3. The van der Waals surface area contributed by atoms with Gasteiger partial charge in [0, 0.05) is 21.5 Å². The summed E-state index contributed by atoms with van der Waals surface area (Å²) in [6, 6.07) is 22.1. The lowest BCUT2D eigenvalue weighted by Gasteiger charge is -2.04. The van der Waals surface area contributed by atoms with Gasteiger partial charge < -0.3 is 9.73 Å². The van der Waals surface area contributed by atoms with Gasteiger partial charge in [-0.05, 0) is 55.0 Å². The Hall–Kier alpha value is -3.44. The molecular weight excluding hydrogens is 442 g/mol. The summed E-state index contributed by atoms with van der Waals surface area (Å²) in [5.41, 5.74) is 3.45. The number of carbonyl (C=O) groups is 2. The Balaban J connectivity index is 1.66. The minimum Gasteiger partial charge on any atom is -0.450 e. The maximum Gasteiger partial charge on any atom is 0.248 e. The van der Waals surface area contributed by atoms with E-state index in [9.17, 15) is 9.59 Å². The molecule has 5 heteroatoms. The quantitative estimate of drug-likeness (QED) is 0.278. The summed E-state index contributed by atoms with van der Waals surface area (Å²) in [6.07, 6.45) is 3.17. The van der Waals surface area contributed by atoms with Crippen LogP contribution in [0, 0.1) is 6.92 Å². The van der Waals surface area contributed by atoms with Crippen LogP contribution in [0.25, 0.3) is 17.0 Å². The van der Waals surface area contributed by atoms with E-state index in [-0.39, 0.29) is 17.5 Å². The Morgan fingerprint density at radius 3 is 2.37 bits per heavy atom. The van der Waals surface area contributed by atoms with Crippen molar-refractivity contribution < 1.29 is 14.0 Å². The van der Waals surface area contributed by atoms with E-state index in [1.54, 1.807) is 36.4 Å². The van der Waals surface area contributed by atoms with Crippen molar-refractivity contribution >= 4 is 50.4 Å². The van der Waals surface area contributed by atoms with Crippen molar-refractivity contribution in [2.45, 2.75) is 6.92 Å². The van der Waals surface area contributed by atoms with Crippen LogP contribution in [0.5, 0.6) is 0 Å². The number of rotatable bonds is 5. The SMILES string of the molecule is Cc1ccc(/C=C/C(=O)Nc2c(C(=O)c3ccc(Br)cc3)oc3ccccc23)cc1. The van der Waals surface area contributed by atoms with E-state index >= 15 is 0 Å². The molecule has 0 atom stereocenters. The molecule has 0 spiro atoms. The lowest BCUT2D eigenvalue weighted by Crippen LogP contribution is -2.11. The van der Waals surface area contributed by atoms with Crippen LogP contribution in [-0.4, -0.2) is 11.7 Å². The van der Waals surface area contributed by atoms with Gasteiger partial charge in [0.2, 0.25) is 11.7 Å². The van der Waals surface area contributed by atoms with E-state index in [1.807, 2.05) is 49.4 Å². The molecule has 0 fully saturated rings. The van der Waals surface area contributed by atoms with Crippen molar-refractivity contribution in [3.63, 3.8) is 0 Å². The minimum absolute atomic E-state index is 0.107. The molecule has 30 heavy (non-hydrogen) atoms. The van der Waals surface area contributed by atoms with E-state index in [0.29, 0.717) is 22.2 Å². The monoisotopic (exact) mass is 459 g/mol. The average molecular weight is 460 g/mol. The molecule has 0 aliphatic heterocycles. The predicted molar refractivity (Wildman–Crippen MR) is 123 cm³/mol. The Labute approximate surface area is 182 Å². The molecule has 0 aliphatic carbocycles. The summed E-state index contributed by atoms with van der Waals surface area (Å²) in [6.45, 7) is 2.01. The molecule has 3 aromatic carbocycles. The zero-order valence-corrected chi connectivity index (χ0v) is 17.8. The number of anilines is 1. The number of hydrogen-bond donors (Lipinski definition) is 1. The van der Waals surface area contributed by atoms with Crippen LogP contribution in [0.1, 0.15) is 27.2 Å². The second-order valence-electron chi connectivity index (χ2n) is 6.87. The normalized spacial score (nSPS) is 11.1. The summed E-state index contributed by atoms with van der Waals surface area (Å²) >= 11 is 3.37. The molecule has 0 saturated carbocycles. The Kier molecular flexibility index (Phi) is 5.63. The second-order valence-corrected chi connectivity index (χ2v) is 7.79. The van der Waals surface area contributed by atoms with Gasteiger partial charge in [-0.25, -0.2) is 0 Å². The number of ketones is 1. The van der Waals surface area contributed by atoms with Crippen molar-refractivity contribution in [2.24, 2.45) is 0 Å². The average Bonchev–Trinajstić information content (AvgIpc) is 3.12. The lowest BCUT2D eigenvalue weighted by atomic mass is 10.1. The molecule has 1 amide bonds. The topological polar surface area (TPSA) is 59.3 Å². The Bertz CT molecular complexity index is 1250. The number of carbonyl (C=O) groups excluding carboxylic acids is 2. The first-order valence-electron chi connectivity index (χ1n) is 9.39. The maximum absolute atomic E-state index is 13.1. The third-order valence-corrected chi connectivity index (χ3v) is 5.19. The molecule has 1 heterocycles. The third kappa shape index (κ3) is 4.26. The number of halogens is 1. The van der Waals surface area contributed by atoms with Crippen molar-refractivity contribution in [1.82, 2.24) is 0 Å². The largest absolute Gasteiger partial charge is 0.450 e. The summed E-state index contributed by atoms with van der Waals surface area (Å²) in [4.78, 5) is 25.7. The molecule has 0 aliphatic rings. The van der Waals surface area contributed by atoms with Gasteiger partial charge in [-0.1, -0.05) is 57.9 Å². The Morgan fingerprint density at radius 2 is 1.63 bits per heavy atom. The van der Waals surface area contributed by atoms with Gasteiger partial charge in [0.1, 0.15) is 5.58 Å². The van der Waals surface area contributed by atoms with Gasteiger partial charge in [-0.3, -0.25) is 9.59 Å². The molecule has 0 radical (unpaired) electrons. The third-order valence-electron chi connectivity index (χ3n) is 4.66. The molecule has 1 aromatic heterocycles. The van der Waals surface area contributed by atoms with Gasteiger partial charge in [-0.2, -0.15) is 0 Å².